The van der Waals surface area contributed by atoms with E-state index in [4.69, 9.17) is 0 Å². The third-order valence-corrected chi connectivity index (χ3v) is 6.16. The number of piperidine rings is 1. The monoisotopic (exact) mass is 384 g/mol. The molecule has 1 N–H and O–H groups in total. The number of aromatic nitrogens is 3. The van der Waals surface area contributed by atoms with E-state index in [0.29, 0.717) is 17.4 Å². The highest BCUT2D eigenvalue weighted by Gasteiger charge is 2.38. The Morgan fingerprint density at radius 3 is 2.86 bits per heavy atom. The lowest BCUT2D eigenvalue weighted by molar-refractivity contribution is -0.924. The van der Waals surface area contributed by atoms with E-state index in [1.54, 1.807) is 6.07 Å². The second-order valence-corrected chi connectivity index (χ2v) is 8.15. The Hall–Kier alpha value is -3.30. The second-order valence-electron chi connectivity index (χ2n) is 8.15. The van der Waals surface area contributed by atoms with Gasteiger partial charge >= 0.3 is 0 Å². The normalized spacial score (nSPS) is 22.5. The van der Waals surface area contributed by atoms with E-state index in [-0.39, 0.29) is 5.56 Å². The number of nitrogens with zero attached hydrogens (tertiary/aromatic N) is 4. The number of quaternary nitrogens is 1. The lowest BCUT2D eigenvalue weighted by Crippen LogP contribution is -3.13. The van der Waals surface area contributed by atoms with Crippen LogP contribution in [0.1, 0.15) is 29.2 Å². The fourth-order valence-corrected chi connectivity index (χ4v) is 5.10. The number of benzene rings is 1. The largest absolute Gasteiger partial charge is 0.330 e. The van der Waals surface area contributed by atoms with E-state index in [1.807, 2.05) is 41.2 Å². The van der Waals surface area contributed by atoms with Crippen molar-refractivity contribution in [2.24, 2.45) is 5.92 Å². The zero-order valence-corrected chi connectivity index (χ0v) is 16.1. The van der Waals surface area contributed by atoms with Crippen molar-refractivity contribution in [3.63, 3.8) is 0 Å². The SMILES string of the molecule is N#Cc1cccc(C[NH+]2C[C@@H]3C[C@H](C2)c2c(-c4cncnc4)ccc(=O)n2C3)c1. The first kappa shape index (κ1) is 17.8. The van der Waals surface area contributed by atoms with Crippen molar-refractivity contribution in [2.75, 3.05) is 13.1 Å². The Labute approximate surface area is 169 Å². The fourth-order valence-electron chi connectivity index (χ4n) is 5.10. The Morgan fingerprint density at radius 1 is 1.17 bits per heavy atom. The van der Waals surface area contributed by atoms with Gasteiger partial charge in [0.15, 0.2) is 0 Å². The number of hydrogen-bond acceptors (Lipinski definition) is 4. The Balaban J connectivity index is 1.49. The Morgan fingerprint density at radius 2 is 2.03 bits per heavy atom. The molecule has 2 aliphatic rings. The van der Waals surface area contributed by atoms with Gasteiger partial charge in [-0.15, -0.1) is 0 Å². The van der Waals surface area contributed by atoms with Gasteiger partial charge in [-0.3, -0.25) is 4.79 Å². The van der Waals surface area contributed by atoms with E-state index >= 15 is 0 Å². The minimum Gasteiger partial charge on any atom is -0.330 e. The van der Waals surface area contributed by atoms with Crippen LogP contribution >= 0.6 is 0 Å². The van der Waals surface area contributed by atoms with E-state index in [1.165, 1.54) is 16.8 Å². The minimum absolute atomic E-state index is 0.0838. The van der Waals surface area contributed by atoms with Gasteiger partial charge in [-0.2, -0.15) is 5.26 Å². The summed E-state index contributed by atoms with van der Waals surface area (Å²) in [5.74, 6) is 0.830. The summed E-state index contributed by atoms with van der Waals surface area (Å²) >= 11 is 0. The van der Waals surface area contributed by atoms with Crippen LogP contribution in [0, 0.1) is 17.2 Å². The molecule has 3 atom stereocenters. The summed E-state index contributed by atoms with van der Waals surface area (Å²) in [7, 11) is 0. The molecule has 0 radical (unpaired) electrons. The van der Waals surface area contributed by atoms with Crippen LogP contribution in [0.25, 0.3) is 11.1 Å². The first-order valence-electron chi connectivity index (χ1n) is 10.0. The van der Waals surface area contributed by atoms with Crippen molar-refractivity contribution in [3.8, 4) is 17.2 Å². The number of likely N-dealkylation sites (tertiary alicyclic amines) is 1. The van der Waals surface area contributed by atoms with Gasteiger partial charge in [0.25, 0.3) is 5.56 Å². The van der Waals surface area contributed by atoms with Gasteiger partial charge in [-0.25, -0.2) is 9.97 Å². The van der Waals surface area contributed by atoms with Crippen LogP contribution in [0.4, 0.5) is 0 Å². The molecule has 144 valence electrons. The van der Waals surface area contributed by atoms with Crippen molar-refractivity contribution in [3.05, 3.63) is 82.3 Å². The molecule has 1 fully saturated rings. The molecule has 1 aromatic carbocycles. The van der Waals surface area contributed by atoms with Crippen molar-refractivity contribution >= 4 is 0 Å². The van der Waals surface area contributed by atoms with Crippen molar-refractivity contribution < 1.29 is 4.90 Å². The Kier molecular flexibility index (Phi) is 4.45. The summed E-state index contributed by atoms with van der Waals surface area (Å²) in [5, 5.41) is 9.17. The van der Waals surface area contributed by atoms with Gasteiger partial charge in [0.05, 0.1) is 24.7 Å². The standard InChI is InChI=1S/C23H21N5O/c24-8-16-2-1-3-17(6-16)11-27-12-18-7-19(14-27)23-21(20-9-25-15-26-10-20)4-5-22(29)28(23)13-18/h1-6,9-10,15,18-19H,7,11-14H2/p+1/t18-,19+/m0/s1. The highest BCUT2D eigenvalue weighted by molar-refractivity contribution is 5.65. The molecule has 0 saturated carbocycles. The maximum Gasteiger partial charge on any atom is 0.250 e. The summed E-state index contributed by atoms with van der Waals surface area (Å²) in [6.45, 7) is 3.71. The molecule has 1 saturated heterocycles. The third kappa shape index (κ3) is 3.34. The van der Waals surface area contributed by atoms with Crippen molar-refractivity contribution in [1.82, 2.24) is 14.5 Å². The molecule has 5 rings (SSSR count). The van der Waals surface area contributed by atoms with Gasteiger partial charge in [-0.05, 0) is 24.6 Å². The maximum atomic E-state index is 12.6. The van der Waals surface area contributed by atoms with Gasteiger partial charge in [0.1, 0.15) is 12.9 Å². The molecule has 1 unspecified atom stereocenters. The highest BCUT2D eigenvalue weighted by atomic mass is 16.1. The van der Waals surface area contributed by atoms with E-state index in [9.17, 15) is 10.1 Å². The topological polar surface area (TPSA) is 76.0 Å². The zero-order valence-electron chi connectivity index (χ0n) is 16.1. The minimum atomic E-state index is 0.0838. The first-order chi connectivity index (χ1) is 14.2. The lowest BCUT2D eigenvalue weighted by atomic mass is 9.80. The Bertz CT molecular complexity index is 1150. The average Bonchev–Trinajstić information content (AvgIpc) is 2.75. The number of nitrogens with one attached hydrogen (secondary N) is 1. The predicted molar refractivity (Wildman–Crippen MR) is 108 cm³/mol. The van der Waals surface area contributed by atoms with Gasteiger partial charge < -0.3 is 9.47 Å². The second kappa shape index (κ2) is 7.26. The molecule has 4 heterocycles. The number of fused-ring (bicyclic) bond motifs is 4. The smallest absolute Gasteiger partial charge is 0.250 e. The summed E-state index contributed by atoms with van der Waals surface area (Å²) in [6, 6.07) is 13.7. The van der Waals surface area contributed by atoms with E-state index < -0.39 is 0 Å². The molecule has 6 nitrogen and oxygen atoms in total. The molecule has 3 aromatic rings. The molecule has 6 heteroatoms. The van der Waals surface area contributed by atoms with Crippen molar-refractivity contribution in [1.29, 1.82) is 5.26 Å². The summed E-state index contributed by atoms with van der Waals surface area (Å²) in [5.41, 5.74) is 5.15. The van der Waals surface area contributed by atoms with Crippen LogP contribution in [-0.4, -0.2) is 27.6 Å². The van der Waals surface area contributed by atoms with Crippen LogP contribution in [0.5, 0.6) is 0 Å². The van der Waals surface area contributed by atoms with Crippen LogP contribution in [0.2, 0.25) is 0 Å². The number of pyridine rings is 1. The molecule has 2 aromatic heterocycles. The molecule has 0 amide bonds. The molecular formula is C23H22N5O+. The van der Waals surface area contributed by atoms with Crippen LogP contribution in [0.3, 0.4) is 0 Å². The quantitative estimate of drug-likeness (QED) is 0.740. The summed E-state index contributed by atoms with van der Waals surface area (Å²) < 4.78 is 1.98. The fraction of sp³-hybridized carbons (Fsp3) is 0.304. The molecule has 0 aliphatic carbocycles. The number of rotatable bonds is 3. The van der Waals surface area contributed by atoms with Gasteiger partial charge in [0.2, 0.25) is 0 Å². The average molecular weight is 384 g/mol. The van der Waals surface area contributed by atoms with Gasteiger partial charge in [0, 0.05) is 59.2 Å². The lowest BCUT2D eigenvalue weighted by Gasteiger charge is -2.41. The van der Waals surface area contributed by atoms with Crippen LogP contribution in [-0.2, 0) is 13.1 Å². The molecule has 29 heavy (non-hydrogen) atoms. The van der Waals surface area contributed by atoms with E-state index in [0.717, 1.165) is 49.4 Å². The zero-order chi connectivity index (χ0) is 19.8. The third-order valence-electron chi connectivity index (χ3n) is 6.16. The van der Waals surface area contributed by atoms with E-state index in [2.05, 4.69) is 22.1 Å². The molecule has 0 spiro atoms. The predicted octanol–water partition coefficient (Wildman–Crippen LogP) is 1.38. The number of nitriles is 1. The van der Waals surface area contributed by atoms with Crippen LogP contribution in [0.15, 0.2) is 59.9 Å². The highest BCUT2D eigenvalue weighted by Crippen LogP contribution is 2.36. The van der Waals surface area contributed by atoms with Crippen LogP contribution < -0.4 is 10.5 Å². The van der Waals surface area contributed by atoms with Crippen molar-refractivity contribution in [2.45, 2.75) is 25.4 Å². The molecule has 2 aliphatic heterocycles. The first-order valence-corrected chi connectivity index (χ1v) is 10.0. The number of hydrogen-bond donors (Lipinski definition) is 1. The van der Waals surface area contributed by atoms with Gasteiger partial charge in [-0.1, -0.05) is 12.1 Å². The molecule has 2 bridgehead atoms. The maximum absolute atomic E-state index is 12.6. The molecular weight excluding hydrogens is 362 g/mol. The summed E-state index contributed by atoms with van der Waals surface area (Å²) in [6.07, 6.45) is 6.29. The summed E-state index contributed by atoms with van der Waals surface area (Å²) in [4.78, 5) is 22.5.